The van der Waals surface area contributed by atoms with Crippen molar-refractivity contribution in [3.05, 3.63) is 47.3 Å². The smallest absolute Gasteiger partial charge is 0.124 e. The predicted octanol–water partition coefficient (Wildman–Crippen LogP) is 2.92. The molecule has 0 saturated heterocycles. The van der Waals surface area contributed by atoms with E-state index < -0.39 is 0 Å². The van der Waals surface area contributed by atoms with E-state index in [-0.39, 0.29) is 6.04 Å². The highest BCUT2D eigenvalue weighted by Crippen LogP contribution is 2.30. The Bertz CT molecular complexity index is 563. The van der Waals surface area contributed by atoms with Gasteiger partial charge >= 0.3 is 0 Å². The van der Waals surface area contributed by atoms with Crippen LogP contribution in [0.3, 0.4) is 0 Å². The van der Waals surface area contributed by atoms with Crippen LogP contribution in [0.5, 0.6) is 5.75 Å². The first-order valence-electron chi connectivity index (χ1n) is 7.03. The molecule has 1 atom stereocenters. The number of aryl methyl sites for hydroxylation is 2. The molecular weight excluding hydrogens is 250 g/mol. The van der Waals surface area contributed by atoms with Gasteiger partial charge in [0.25, 0.3) is 0 Å². The summed E-state index contributed by atoms with van der Waals surface area (Å²) in [7, 11) is 3.67. The monoisotopic (exact) mass is 273 g/mol. The Hall–Kier alpha value is -1.81. The zero-order valence-electron chi connectivity index (χ0n) is 12.7. The number of hydrogen-bond donors (Lipinski definition) is 1. The van der Waals surface area contributed by atoms with Crippen molar-refractivity contribution >= 4 is 0 Å². The van der Waals surface area contributed by atoms with Gasteiger partial charge in [-0.15, -0.1) is 0 Å². The van der Waals surface area contributed by atoms with Crippen LogP contribution in [-0.2, 0) is 6.54 Å². The van der Waals surface area contributed by atoms with E-state index in [2.05, 4.69) is 42.6 Å². The third-order valence-corrected chi connectivity index (χ3v) is 3.42. The minimum absolute atomic E-state index is 0.0930. The van der Waals surface area contributed by atoms with E-state index in [1.807, 2.05) is 24.0 Å². The molecule has 4 heteroatoms. The molecule has 20 heavy (non-hydrogen) atoms. The lowest BCUT2D eigenvalue weighted by Gasteiger charge is -2.18. The van der Waals surface area contributed by atoms with Crippen LogP contribution in [0.15, 0.2) is 30.6 Å². The fourth-order valence-electron chi connectivity index (χ4n) is 2.46. The number of rotatable bonds is 6. The fraction of sp³-hybridized carbons (Fsp3) is 0.438. The summed E-state index contributed by atoms with van der Waals surface area (Å²) in [6.45, 7) is 5.19. The quantitative estimate of drug-likeness (QED) is 0.879. The Balaban J connectivity index is 2.38. The number of ether oxygens (including phenoxy) is 1. The number of benzene rings is 1. The normalized spacial score (nSPS) is 12.4. The zero-order chi connectivity index (χ0) is 14.5. The third kappa shape index (κ3) is 3.02. The van der Waals surface area contributed by atoms with E-state index in [0.29, 0.717) is 0 Å². The van der Waals surface area contributed by atoms with Crippen molar-refractivity contribution < 1.29 is 4.74 Å². The molecule has 4 nitrogen and oxygen atoms in total. The average Bonchev–Trinajstić information content (AvgIpc) is 2.89. The molecule has 1 heterocycles. The van der Waals surface area contributed by atoms with E-state index in [1.165, 1.54) is 5.56 Å². The Kier molecular flexibility index (Phi) is 4.79. The molecule has 0 bridgehead atoms. The van der Waals surface area contributed by atoms with Crippen molar-refractivity contribution in [2.24, 2.45) is 0 Å². The third-order valence-electron chi connectivity index (χ3n) is 3.42. The van der Waals surface area contributed by atoms with Gasteiger partial charge in [-0.2, -0.15) is 5.10 Å². The molecule has 2 aromatic rings. The molecule has 0 spiro atoms. The molecule has 0 aliphatic heterocycles. The molecule has 1 N–H and O–H groups in total. The van der Waals surface area contributed by atoms with Gasteiger partial charge in [-0.05, 0) is 26.5 Å². The standard InChI is InChI=1S/C16H23N3O/c1-5-8-19-11-13(10-18-19)16(17-3)14-9-12(2)6-7-15(14)20-4/h6-7,9-11,16-17H,5,8H2,1-4H3. The van der Waals surface area contributed by atoms with E-state index in [9.17, 15) is 0 Å². The highest BCUT2D eigenvalue weighted by molar-refractivity contribution is 5.43. The van der Waals surface area contributed by atoms with E-state index in [4.69, 9.17) is 4.74 Å². The van der Waals surface area contributed by atoms with Crippen molar-refractivity contribution in [2.75, 3.05) is 14.2 Å². The van der Waals surface area contributed by atoms with Crippen LogP contribution in [0, 0.1) is 6.92 Å². The highest BCUT2D eigenvalue weighted by atomic mass is 16.5. The molecule has 1 aromatic heterocycles. The maximum Gasteiger partial charge on any atom is 0.124 e. The van der Waals surface area contributed by atoms with E-state index >= 15 is 0 Å². The van der Waals surface area contributed by atoms with Crippen LogP contribution in [0.1, 0.15) is 36.1 Å². The summed E-state index contributed by atoms with van der Waals surface area (Å²) in [5.74, 6) is 0.901. The molecule has 1 aromatic carbocycles. The van der Waals surface area contributed by atoms with Crippen molar-refractivity contribution in [3.8, 4) is 5.75 Å². The van der Waals surface area contributed by atoms with Crippen LogP contribution in [-0.4, -0.2) is 23.9 Å². The summed E-state index contributed by atoms with van der Waals surface area (Å²) in [4.78, 5) is 0. The second-order valence-corrected chi connectivity index (χ2v) is 5.00. The van der Waals surface area contributed by atoms with Gasteiger partial charge < -0.3 is 10.1 Å². The Morgan fingerprint density at radius 2 is 2.20 bits per heavy atom. The van der Waals surface area contributed by atoms with Gasteiger partial charge in [0.2, 0.25) is 0 Å². The maximum atomic E-state index is 5.49. The van der Waals surface area contributed by atoms with E-state index in [0.717, 1.165) is 29.8 Å². The minimum Gasteiger partial charge on any atom is -0.496 e. The van der Waals surface area contributed by atoms with Gasteiger partial charge in [-0.3, -0.25) is 4.68 Å². The first-order chi connectivity index (χ1) is 9.69. The van der Waals surface area contributed by atoms with Gasteiger partial charge in [0.05, 0.1) is 19.3 Å². The van der Waals surface area contributed by atoms with Crippen LogP contribution in [0.25, 0.3) is 0 Å². The molecule has 108 valence electrons. The fourth-order valence-corrected chi connectivity index (χ4v) is 2.46. The number of nitrogens with zero attached hydrogens (tertiary/aromatic N) is 2. The first-order valence-corrected chi connectivity index (χ1v) is 7.03. The molecule has 0 radical (unpaired) electrons. The van der Waals surface area contributed by atoms with Crippen LogP contribution in [0.2, 0.25) is 0 Å². The number of aromatic nitrogens is 2. The Morgan fingerprint density at radius 3 is 2.85 bits per heavy atom. The van der Waals surface area contributed by atoms with Crippen molar-refractivity contribution in [2.45, 2.75) is 32.9 Å². The molecule has 1 unspecified atom stereocenters. The number of methoxy groups -OCH3 is 1. The van der Waals surface area contributed by atoms with Crippen LogP contribution in [0.4, 0.5) is 0 Å². The molecule has 2 rings (SSSR count). The lowest BCUT2D eigenvalue weighted by Crippen LogP contribution is -2.18. The molecule has 0 aliphatic carbocycles. The van der Waals surface area contributed by atoms with Gasteiger partial charge in [0.15, 0.2) is 0 Å². The lowest BCUT2D eigenvalue weighted by molar-refractivity contribution is 0.405. The topological polar surface area (TPSA) is 39.1 Å². The highest BCUT2D eigenvalue weighted by Gasteiger charge is 2.18. The number of hydrogen-bond acceptors (Lipinski definition) is 3. The summed E-state index contributed by atoms with van der Waals surface area (Å²) < 4.78 is 7.48. The van der Waals surface area contributed by atoms with Gasteiger partial charge in [0, 0.05) is 23.9 Å². The summed E-state index contributed by atoms with van der Waals surface area (Å²) >= 11 is 0. The van der Waals surface area contributed by atoms with Crippen molar-refractivity contribution in [1.29, 1.82) is 0 Å². The molecule has 0 saturated carbocycles. The molecular formula is C16H23N3O. The second-order valence-electron chi connectivity index (χ2n) is 5.00. The molecule has 0 aliphatic rings. The van der Waals surface area contributed by atoms with Crippen molar-refractivity contribution in [1.82, 2.24) is 15.1 Å². The van der Waals surface area contributed by atoms with Crippen LogP contribution < -0.4 is 10.1 Å². The Labute approximate surface area is 120 Å². The van der Waals surface area contributed by atoms with Crippen LogP contribution >= 0.6 is 0 Å². The SMILES string of the molecule is CCCn1cc(C(NC)c2cc(C)ccc2OC)cn1. The summed E-state index contributed by atoms with van der Waals surface area (Å²) in [6.07, 6.45) is 5.12. The minimum atomic E-state index is 0.0930. The summed E-state index contributed by atoms with van der Waals surface area (Å²) in [5, 5.41) is 7.77. The van der Waals surface area contributed by atoms with Gasteiger partial charge in [-0.25, -0.2) is 0 Å². The predicted molar refractivity (Wildman–Crippen MR) is 81.2 cm³/mol. The van der Waals surface area contributed by atoms with Crippen molar-refractivity contribution in [3.63, 3.8) is 0 Å². The summed E-state index contributed by atoms with van der Waals surface area (Å²) in [6, 6.07) is 6.34. The van der Waals surface area contributed by atoms with E-state index in [1.54, 1.807) is 7.11 Å². The maximum absolute atomic E-state index is 5.49. The first kappa shape index (κ1) is 14.6. The number of nitrogens with one attached hydrogen (secondary N) is 1. The zero-order valence-corrected chi connectivity index (χ0v) is 12.7. The van der Waals surface area contributed by atoms with Gasteiger partial charge in [0.1, 0.15) is 5.75 Å². The average molecular weight is 273 g/mol. The second kappa shape index (κ2) is 6.57. The summed E-state index contributed by atoms with van der Waals surface area (Å²) in [5.41, 5.74) is 3.53. The molecule has 0 amide bonds. The lowest BCUT2D eigenvalue weighted by atomic mass is 9.99. The molecule has 0 fully saturated rings. The largest absolute Gasteiger partial charge is 0.496 e. The Morgan fingerprint density at radius 1 is 1.40 bits per heavy atom. The van der Waals surface area contributed by atoms with Gasteiger partial charge in [-0.1, -0.05) is 24.6 Å².